The minimum atomic E-state index is -0.0698. The van der Waals surface area contributed by atoms with Gasteiger partial charge in [0.1, 0.15) is 4.83 Å². The number of hydrogen-bond donors (Lipinski definition) is 1. The molecule has 0 aliphatic carbocycles. The molecule has 2 aromatic rings. The van der Waals surface area contributed by atoms with E-state index in [1.54, 1.807) is 13.1 Å². The molecule has 0 saturated heterocycles. The van der Waals surface area contributed by atoms with Gasteiger partial charge >= 0.3 is 0 Å². The minimum Gasteiger partial charge on any atom is -0.356 e. The summed E-state index contributed by atoms with van der Waals surface area (Å²) in [6.07, 6.45) is 0. The third kappa shape index (κ3) is 2.56. The van der Waals surface area contributed by atoms with Crippen molar-refractivity contribution in [1.29, 1.82) is 0 Å². The molecule has 1 amide bonds. The maximum Gasteiger partial charge on any atom is 0.262 e. The summed E-state index contributed by atoms with van der Waals surface area (Å²) < 4.78 is 1.49. The van der Waals surface area contributed by atoms with Gasteiger partial charge in [-0.15, -0.1) is 11.3 Å². The average molecular weight is 283 g/mol. The Morgan fingerprint density at radius 1 is 1.61 bits per heavy atom. The van der Waals surface area contributed by atoms with E-state index >= 15 is 0 Å². The summed E-state index contributed by atoms with van der Waals surface area (Å²) in [5.74, 6) is 0.216. The number of amides is 1. The van der Waals surface area contributed by atoms with Crippen LogP contribution in [0.4, 0.5) is 0 Å². The van der Waals surface area contributed by atoms with Crippen molar-refractivity contribution in [3.63, 3.8) is 0 Å². The molecule has 0 spiro atoms. The zero-order valence-corrected chi connectivity index (χ0v) is 11.7. The first-order valence-corrected chi connectivity index (χ1v) is 7.33. The lowest BCUT2D eigenvalue weighted by Gasteiger charge is -2.06. The van der Waals surface area contributed by atoms with E-state index in [4.69, 9.17) is 0 Å². The minimum absolute atomic E-state index is 0.0528. The van der Waals surface area contributed by atoms with E-state index in [0.29, 0.717) is 17.1 Å². The molecule has 7 heteroatoms. The van der Waals surface area contributed by atoms with E-state index in [9.17, 15) is 9.59 Å². The Balaban J connectivity index is 2.25. The maximum atomic E-state index is 12.0. The number of thiophene rings is 1. The van der Waals surface area contributed by atoms with E-state index in [1.807, 2.05) is 12.3 Å². The highest BCUT2D eigenvalue weighted by Crippen LogP contribution is 2.20. The molecule has 0 radical (unpaired) electrons. The molecule has 0 aromatic carbocycles. The summed E-state index contributed by atoms with van der Waals surface area (Å²) in [5.41, 5.74) is -0.0698. The van der Waals surface area contributed by atoms with Gasteiger partial charge in [-0.25, -0.2) is 4.98 Å². The first-order valence-electron chi connectivity index (χ1n) is 5.47. The molecule has 96 valence electrons. The summed E-state index contributed by atoms with van der Waals surface area (Å²) in [6, 6.07) is 1.77. The number of hydrogen-bond acceptors (Lipinski definition) is 5. The lowest BCUT2D eigenvalue weighted by Crippen LogP contribution is -2.25. The van der Waals surface area contributed by atoms with E-state index in [2.05, 4.69) is 10.3 Å². The number of rotatable bonds is 4. The first kappa shape index (κ1) is 13.1. The smallest absolute Gasteiger partial charge is 0.262 e. The van der Waals surface area contributed by atoms with Crippen molar-refractivity contribution in [2.24, 2.45) is 7.05 Å². The summed E-state index contributed by atoms with van der Waals surface area (Å²) in [6.45, 7) is 2.48. The predicted molar refractivity (Wildman–Crippen MR) is 74.3 cm³/mol. The van der Waals surface area contributed by atoms with Crippen molar-refractivity contribution < 1.29 is 4.79 Å². The van der Waals surface area contributed by atoms with Crippen LogP contribution < -0.4 is 10.9 Å². The molecule has 5 nitrogen and oxygen atoms in total. The fourth-order valence-electron chi connectivity index (χ4n) is 1.49. The zero-order valence-electron chi connectivity index (χ0n) is 10.1. The second-order valence-corrected chi connectivity index (χ2v) is 5.48. The second-order valence-electron chi connectivity index (χ2n) is 3.64. The van der Waals surface area contributed by atoms with Crippen molar-refractivity contribution in [3.8, 4) is 0 Å². The van der Waals surface area contributed by atoms with E-state index < -0.39 is 0 Å². The summed E-state index contributed by atoms with van der Waals surface area (Å²) in [7, 11) is 1.67. The molecule has 2 aromatic heterocycles. The van der Waals surface area contributed by atoms with Crippen LogP contribution in [0.3, 0.4) is 0 Å². The number of carbonyl (C=O) groups is 1. The van der Waals surface area contributed by atoms with Crippen LogP contribution in [0.15, 0.2) is 21.4 Å². The highest BCUT2D eigenvalue weighted by molar-refractivity contribution is 7.99. The fraction of sp³-hybridized carbons (Fsp3) is 0.364. The molecule has 0 atom stereocenters. The van der Waals surface area contributed by atoms with Gasteiger partial charge in [0.15, 0.2) is 5.16 Å². The molecule has 0 fully saturated rings. The van der Waals surface area contributed by atoms with Crippen LogP contribution in [-0.2, 0) is 11.8 Å². The van der Waals surface area contributed by atoms with E-state index in [1.165, 1.54) is 27.7 Å². The molecule has 1 N–H and O–H groups in total. The number of nitrogens with one attached hydrogen (secondary N) is 1. The van der Waals surface area contributed by atoms with Gasteiger partial charge in [-0.05, 0) is 18.4 Å². The number of nitrogens with zero attached hydrogens (tertiary/aromatic N) is 2. The molecule has 2 heterocycles. The molecule has 0 bridgehead atoms. The molecule has 2 rings (SSSR count). The average Bonchev–Trinajstić information content (AvgIpc) is 2.80. The topological polar surface area (TPSA) is 64.0 Å². The number of aromatic nitrogens is 2. The molecular weight excluding hydrogens is 270 g/mol. The number of fused-ring (bicyclic) bond motifs is 1. The molecular formula is C11H13N3O2S2. The lowest BCUT2D eigenvalue weighted by molar-refractivity contribution is -0.118. The Labute approximate surface area is 112 Å². The van der Waals surface area contributed by atoms with Crippen LogP contribution in [0, 0.1) is 0 Å². The highest BCUT2D eigenvalue weighted by Gasteiger charge is 2.11. The third-order valence-corrected chi connectivity index (χ3v) is 4.21. The van der Waals surface area contributed by atoms with Gasteiger partial charge in [-0.3, -0.25) is 14.2 Å². The zero-order chi connectivity index (χ0) is 13.1. The second kappa shape index (κ2) is 5.53. The van der Waals surface area contributed by atoms with Crippen molar-refractivity contribution in [2.75, 3.05) is 12.3 Å². The monoisotopic (exact) mass is 283 g/mol. The molecule has 0 aliphatic heterocycles. The number of thioether (sulfide) groups is 1. The van der Waals surface area contributed by atoms with Gasteiger partial charge in [0.05, 0.1) is 11.1 Å². The van der Waals surface area contributed by atoms with Gasteiger partial charge < -0.3 is 5.32 Å². The lowest BCUT2D eigenvalue weighted by atomic mass is 10.4. The van der Waals surface area contributed by atoms with Crippen LogP contribution >= 0.6 is 23.1 Å². The van der Waals surface area contributed by atoms with Gasteiger partial charge in [0.25, 0.3) is 5.56 Å². The fourth-order valence-corrected chi connectivity index (χ4v) is 3.09. The van der Waals surface area contributed by atoms with Crippen molar-refractivity contribution in [3.05, 3.63) is 21.8 Å². The van der Waals surface area contributed by atoms with Crippen molar-refractivity contribution >= 4 is 39.2 Å². The Morgan fingerprint density at radius 2 is 2.39 bits per heavy atom. The van der Waals surface area contributed by atoms with Crippen molar-refractivity contribution in [2.45, 2.75) is 12.1 Å². The Kier molecular flexibility index (Phi) is 4.03. The normalized spacial score (nSPS) is 10.8. The highest BCUT2D eigenvalue weighted by atomic mass is 32.2. The third-order valence-electron chi connectivity index (χ3n) is 2.37. The van der Waals surface area contributed by atoms with Crippen molar-refractivity contribution in [1.82, 2.24) is 14.9 Å². The summed E-state index contributed by atoms with van der Waals surface area (Å²) in [5, 5.41) is 5.75. The van der Waals surface area contributed by atoms with Gasteiger partial charge in [-0.2, -0.15) is 0 Å². The van der Waals surface area contributed by atoms with Crippen LogP contribution in [0.1, 0.15) is 6.92 Å². The van der Waals surface area contributed by atoms with Crippen LogP contribution in [0.25, 0.3) is 10.2 Å². The predicted octanol–water partition coefficient (Wildman–Crippen LogP) is 1.22. The Morgan fingerprint density at radius 3 is 3.11 bits per heavy atom. The molecule has 0 aliphatic rings. The van der Waals surface area contributed by atoms with Crippen LogP contribution in [0.2, 0.25) is 0 Å². The molecule has 18 heavy (non-hydrogen) atoms. The maximum absolute atomic E-state index is 12.0. The van der Waals surface area contributed by atoms with Gasteiger partial charge in [0.2, 0.25) is 5.91 Å². The Bertz CT molecular complexity index is 633. The van der Waals surface area contributed by atoms with E-state index in [0.717, 1.165) is 4.83 Å². The van der Waals surface area contributed by atoms with Crippen LogP contribution in [-0.4, -0.2) is 27.8 Å². The SMILES string of the molecule is CCNC(=O)CSc1nc2sccc2c(=O)n1C. The largest absolute Gasteiger partial charge is 0.356 e. The first-order chi connectivity index (χ1) is 8.63. The summed E-state index contributed by atoms with van der Waals surface area (Å²) in [4.78, 5) is 28.5. The standard InChI is InChI=1S/C11H13N3O2S2/c1-3-12-8(15)6-18-11-13-9-7(4-5-17-9)10(16)14(11)2/h4-5H,3,6H2,1-2H3,(H,12,15). The molecule has 0 saturated carbocycles. The Hall–Kier alpha value is -1.34. The van der Waals surface area contributed by atoms with Gasteiger partial charge in [0, 0.05) is 13.6 Å². The number of carbonyl (C=O) groups excluding carboxylic acids is 1. The quantitative estimate of drug-likeness (QED) is 0.677. The van der Waals surface area contributed by atoms with E-state index in [-0.39, 0.29) is 17.2 Å². The molecule has 0 unspecified atom stereocenters. The van der Waals surface area contributed by atoms with Gasteiger partial charge in [-0.1, -0.05) is 11.8 Å². The van der Waals surface area contributed by atoms with Crippen LogP contribution in [0.5, 0.6) is 0 Å². The summed E-state index contributed by atoms with van der Waals surface area (Å²) >= 11 is 2.70.